The quantitative estimate of drug-likeness (QED) is 0.411. The summed E-state index contributed by atoms with van der Waals surface area (Å²) in [5, 5.41) is -1.63. The van der Waals surface area contributed by atoms with Crippen LogP contribution in [0.1, 0.15) is 36.6 Å². The van der Waals surface area contributed by atoms with Crippen LogP contribution in [-0.2, 0) is 0 Å². The van der Waals surface area contributed by atoms with E-state index >= 15 is 0 Å². The van der Waals surface area contributed by atoms with Gasteiger partial charge in [-0.15, -0.1) is 0 Å². The number of ketones is 1. The lowest BCUT2D eigenvalue weighted by molar-refractivity contribution is 0.101. The van der Waals surface area contributed by atoms with Crippen LogP contribution < -0.4 is 0 Å². The maximum Gasteiger partial charge on any atom is 0.253 e. The Kier molecular flexibility index (Phi) is 5.13. The first kappa shape index (κ1) is 16.1. The Hall–Kier alpha value is -1.24. The first-order valence-corrected chi connectivity index (χ1v) is 7.58. The highest BCUT2D eigenvalue weighted by molar-refractivity contribution is 14.1. The summed E-state index contributed by atoms with van der Waals surface area (Å²) in [5.74, 6) is -0.472. The van der Waals surface area contributed by atoms with Crippen LogP contribution in [0.5, 0.6) is 0 Å². The summed E-state index contributed by atoms with van der Waals surface area (Å²) in [6.07, 6.45) is 0. The van der Waals surface area contributed by atoms with E-state index in [9.17, 15) is 14.4 Å². The predicted octanol–water partition coefficient (Wildman–Crippen LogP) is 4.28. The molecule has 0 aliphatic rings. The van der Waals surface area contributed by atoms with Gasteiger partial charge in [0.05, 0.1) is 0 Å². The Labute approximate surface area is 144 Å². The summed E-state index contributed by atoms with van der Waals surface area (Å²) in [5.41, 5.74) is 0.206. The zero-order valence-corrected chi connectivity index (χ0v) is 14.1. The second-order valence-corrected chi connectivity index (χ2v) is 6.04. The fourth-order valence-corrected chi connectivity index (χ4v) is 2.54. The molecule has 0 aliphatic carbocycles. The van der Waals surface area contributed by atoms with Crippen molar-refractivity contribution in [3.63, 3.8) is 0 Å². The molecule has 0 bridgehead atoms. The summed E-state index contributed by atoms with van der Waals surface area (Å²) in [7, 11) is 0. The van der Waals surface area contributed by atoms with Gasteiger partial charge < -0.3 is 0 Å². The third-order valence-electron chi connectivity index (χ3n) is 2.82. The molecule has 0 heterocycles. The van der Waals surface area contributed by atoms with Gasteiger partial charge in [0, 0.05) is 25.8 Å². The lowest BCUT2D eigenvalue weighted by Crippen LogP contribution is -2.12. The third-order valence-corrected chi connectivity index (χ3v) is 3.95. The Morgan fingerprint density at radius 1 is 0.810 bits per heavy atom. The standard InChI is InChI=1S/C15H7Cl2IO3/c16-14(20)10-2-1-3-11(15(17)21)12(10)13(19)8-4-6-9(18)7-5-8/h1-7H. The van der Waals surface area contributed by atoms with Gasteiger partial charge in [0.25, 0.3) is 10.5 Å². The Bertz CT molecular complexity index is 707. The van der Waals surface area contributed by atoms with Crippen LogP contribution in [0.15, 0.2) is 42.5 Å². The zero-order valence-electron chi connectivity index (χ0n) is 10.4. The zero-order chi connectivity index (χ0) is 15.6. The average molecular weight is 433 g/mol. The summed E-state index contributed by atoms with van der Waals surface area (Å²) in [6, 6.07) is 11.0. The SMILES string of the molecule is O=C(Cl)c1cccc(C(=O)Cl)c1C(=O)c1ccc(I)cc1. The Morgan fingerprint density at radius 2 is 1.29 bits per heavy atom. The van der Waals surface area contributed by atoms with Crippen LogP contribution in [0, 0.1) is 3.57 Å². The van der Waals surface area contributed by atoms with Crippen LogP contribution in [-0.4, -0.2) is 16.3 Å². The monoisotopic (exact) mass is 432 g/mol. The minimum Gasteiger partial charge on any atom is -0.289 e. The number of benzene rings is 2. The highest BCUT2D eigenvalue weighted by Gasteiger charge is 2.23. The molecule has 2 rings (SSSR count). The van der Waals surface area contributed by atoms with Crippen LogP contribution >= 0.6 is 45.8 Å². The molecular weight excluding hydrogens is 426 g/mol. The van der Waals surface area contributed by atoms with E-state index in [4.69, 9.17) is 23.2 Å². The molecule has 2 aromatic rings. The maximum absolute atomic E-state index is 12.6. The van der Waals surface area contributed by atoms with Crippen molar-refractivity contribution in [2.24, 2.45) is 0 Å². The van der Waals surface area contributed by atoms with Crippen molar-refractivity contribution >= 4 is 62.1 Å². The second-order valence-electron chi connectivity index (χ2n) is 4.11. The van der Waals surface area contributed by atoms with Gasteiger partial charge in [-0.3, -0.25) is 14.4 Å². The van der Waals surface area contributed by atoms with Crippen molar-refractivity contribution < 1.29 is 14.4 Å². The largest absolute Gasteiger partial charge is 0.289 e. The normalized spacial score (nSPS) is 10.2. The molecule has 0 amide bonds. The highest BCUT2D eigenvalue weighted by Crippen LogP contribution is 2.23. The van der Waals surface area contributed by atoms with E-state index in [0.717, 1.165) is 3.57 Å². The summed E-state index contributed by atoms with van der Waals surface area (Å²) < 4.78 is 0.958. The van der Waals surface area contributed by atoms with Gasteiger partial charge in [-0.25, -0.2) is 0 Å². The number of halogens is 3. The second kappa shape index (κ2) is 6.68. The predicted molar refractivity (Wildman–Crippen MR) is 89.4 cm³/mol. The number of carbonyl (C=O) groups is 3. The van der Waals surface area contributed by atoms with E-state index in [-0.39, 0.29) is 16.7 Å². The maximum atomic E-state index is 12.6. The van der Waals surface area contributed by atoms with Crippen LogP contribution in [0.2, 0.25) is 0 Å². The minimum absolute atomic E-state index is 0.0354. The third kappa shape index (κ3) is 3.51. The van der Waals surface area contributed by atoms with Crippen molar-refractivity contribution in [3.05, 3.63) is 68.3 Å². The molecule has 3 nitrogen and oxygen atoms in total. The van der Waals surface area contributed by atoms with Gasteiger partial charge in [-0.2, -0.15) is 0 Å². The van der Waals surface area contributed by atoms with Crippen LogP contribution in [0.3, 0.4) is 0 Å². The molecule has 0 radical (unpaired) electrons. The van der Waals surface area contributed by atoms with E-state index in [0.29, 0.717) is 5.56 Å². The molecular formula is C15H7Cl2IO3. The molecule has 0 aliphatic heterocycles. The molecule has 2 aromatic carbocycles. The number of hydrogen-bond donors (Lipinski definition) is 0. The molecule has 0 atom stereocenters. The van der Waals surface area contributed by atoms with Gasteiger partial charge in [0.1, 0.15) is 0 Å². The Balaban J connectivity index is 2.65. The van der Waals surface area contributed by atoms with Crippen molar-refractivity contribution in [1.82, 2.24) is 0 Å². The van der Waals surface area contributed by atoms with E-state index in [1.165, 1.54) is 18.2 Å². The molecule has 0 fully saturated rings. The van der Waals surface area contributed by atoms with E-state index < -0.39 is 16.3 Å². The lowest BCUT2D eigenvalue weighted by Gasteiger charge is -2.09. The molecule has 0 saturated heterocycles. The lowest BCUT2D eigenvalue weighted by atomic mass is 9.94. The van der Waals surface area contributed by atoms with Gasteiger partial charge >= 0.3 is 0 Å². The molecule has 0 N–H and O–H groups in total. The first-order valence-electron chi connectivity index (χ1n) is 5.74. The molecule has 106 valence electrons. The van der Waals surface area contributed by atoms with Gasteiger partial charge in [0.2, 0.25) is 0 Å². The van der Waals surface area contributed by atoms with Crippen LogP contribution in [0.25, 0.3) is 0 Å². The van der Waals surface area contributed by atoms with Crippen molar-refractivity contribution in [2.45, 2.75) is 0 Å². The minimum atomic E-state index is -0.816. The van der Waals surface area contributed by atoms with Crippen molar-refractivity contribution in [2.75, 3.05) is 0 Å². The number of hydrogen-bond acceptors (Lipinski definition) is 3. The fraction of sp³-hybridized carbons (Fsp3) is 0. The van der Waals surface area contributed by atoms with E-state index in [2.05, 4.69) is 22.6 Å². The average Bonchev–Trinajstić information content (AvgIpc) is 2.46. The number of carbonyl (C=O) groups excluding carboxylic acids is 3. The molecule has 0 aromatic heterocycles. The summed E-state index contributed by atoms with van der Waals surface area (Å²) in [4.78, 5) is 35.6. The van der Waals surface area contributed by atoms with Gasteiger partial charge in [-0.1, -0.05) is 6.07 Å². The van der Waals surface area contributed by atoms with Crippen LogP contribution in [0.4, 0.5) is 0 Å². The van der Waals surface area contributed by atoms with E-state index in [1.807, 2.05) is 0 Å². The molecule has 0 saturated carbocycles. The summed E-state index contributed by atoms with van der Waals surface area (Å²) in [6.45, 7) is 0. The molecule has 0 unspecified atom stereocenters. The first-order chi connectivity index (χ1) is 9.91. The molecule has 21 heavy (non-hydrogen) atoms. The van der Waals surface area contributed by atoms with Crippen molar-refractivity contribution in [1.29, 1.82) is 0 Å². The fourth-order valence-electron chi connectivity index (χ4n) is 1.87. The highest BCUT2D eigenvalue weighted by atomic mass is 127. The smallest absolute Gasteiger partial charge is 0.253 e. The van der Waals surface area contributed by atoms with Crippen molar-refractivity contribution in [3.8, 4) is 0 Å². The van der Waals surface area contributed by atoms with E-state index in [1.54, 1.807) is 24.3 Å². The van der Waals surface area contributed by atoms with Gasteiger partial charge in [0.15, 0.2) is 5.78 Å². The molecule has 6 heteroatoms. The Morgan fingerprint density at radius 3 is 1.71 bits per heavy atom. The summed E-state index contributed by atoms with van der Waals surface area (Å²) >= 11 is 13.1. The van der Waals surface area contributed by atoms with Gasteiger partial charge in [-0.05, 0) is 82.2 Å². The number of rotatable bonds is 4. The molecule has 0 spiro atoms. The topological polar surface area (TPSA) is 51.2 Å².